The second-order valence-electron chi connectivity index (χ2n) is 5.99. The summed E-state index contributed by atoms with van der Waals surface area (Å²) >= 11 is 0. The standard InChI is InChI=1S/C16H24FNO/c1-3-12-6-7-16(9-12,10-18)15(19)14-5-4-13(17)8-11(14)2/h4-5,8,12,15,19H,3,6-7,9-10,18H2,1-2H3. The Morgan fingerprint density at radius 3 is 2.79 bits per heavy atom. The number of benzene rings is 1. The lowest BCUT2D eigenvalue weighted by Crippen LogP contribution is -2.35. The Morgan fingerprint density at radius 1 is 1.53 bits per heavy atom. The van der Waals surface area contributed by atoms with Crippen molar-refractivity contribution in [1.29, 1.82) is 0 Å². The Hall–Kier alpha value is -0.930. The van der Waals surface area contributed by atoms with Crippen LogP contribution in [0, 0.1) is 24.1 Å². The number of aliphatic hydroxyl groups is 1. The van der Waals surface area contributed by atoms with Crippen LogP contribution < -0.4 is 5.73 Å². The minimum absolute atomic E-state index is 0.233. The summed E-state index contributed by atoms with van der Waals surface area (Å²) < 4.78 is 13.2. The molecule has 1 aliphatic rings. The molecule has 0 heterocycles. The van der Waals surface area contributed by atoms with Crippen molar-refractivity contribution in [3.05, 3.63) is 35.1 Å². The van der Waals surface area contributed by atoms with E-state index in [2.05, 4.69) is 6.92 Å². The SMILES string of the molecule is CCC1CCC(CN)(C(O)c2ccc(F)cc2C)C1. The summed E-state index contributed by atoms with van der Waals surface area (Å²) in [4.78, 5) is 0. The van der Waals surface area contributed by atoms with Gasteiger partial charge >= 0.3 is 0 Å². The molecule has 1 aliphatic carbocycles. The maximum Gasteiger partial charge on any atom is 0.123 e. The fraction of sp³-hybridized carbons (Fsp3) is 0.625. The average molecular weight is 265 g/mol. The number of hydrogen-bond donors (Lipinski definition) is 2. The molecule has 0 spiro atoms. The third-order valence-electron chi connectivity index (χ3n) is 4.84. The first-order chi connectivity index (χ1) is 9.02. The fourth-order valence-corrected chi connectivity index (χ4v) is 3.44. The van der Waals surface area contributed by atoms with E-state index in [0.29, 0.717) is 12.5 Å². The highest BCUT2D eigenvalue weighted by Crippen LogP contribution is 2.50. The Labute approximate surface area is 114 Å². The number of nitrogens with two attached hydrogens (primary N) is 1. The molecule has 1 fully saturated rings. The molecule has 0 aromatic heterocycles. The average Bonchev–Trinajstić information content (AvgIpc) is 2.83. The lowest BCUT2D eigenvalue weighted by Gasteiger charge is -2.34. The predicted octanol–water partition coefficient (Wildman–Crippen LogP) is 3.32. The van der Waals surface area contributed by atoms with Crippen LogP contribution in [0.25, 0.3) is 0 Å². The molecule has 3 unspecified atom stereocenters. The van der Waals surface area contributed by atoms with Gasteiger partial charge in [-0.2, -0.15) is 0 Å². The number of aliphatic hydroxyl groups excluding tert-OH is 1. The summed E-state index contributed by atoms with van der Waals surface area (Å²) in [6.45, 7) is 4.52. The van der Waals surface area contributed by atoms with Crippen LogP contribution in [0.15, 0.2) is 18.2 Å². The number of halogens is 1. The third-order valence-corrected chi connectivity index (χ3v) is 4.84. The van der Waals surface area contributed by atoms with Gasteiger partial charge in [0.15, 0.2) is 0 Å². The maximum atomic E-state index is 13.2. The van der Waals surface area contributed by atoms with E-state index >= 15 is 0 Å². The molecule has 19 heavy (non-hydrogen) atoms. The summed E-state index contributed by atoms with van der Waals surface area (Å²) in [5.41, 5.74) is 7.37. The van der Waals surface area contributed by atoms with Crippen LogP contribution in [0.1, 0.15) is 49.8 Å². The van der Waals surface area contributed by atoms with Crippen LogP contribution in [0.4, 0.5) is 4.39 Å². The number of rotatable bonds is 4. The van der Waals surface area contributed by atoms with Gasteiger partial charge in [-0.1, -0.05) is 19.4 Å². The van der Waals surface area contributed by atoms with E-state index in [1.54, 1.807) is 6.07 Å². The zero-order valence-corrected chi connectivity index (χ0v) is 11.8. The van der Waals surface area contributed by atoms with E-state index in [9.17, 15) is 9.50 Å². The Balaban J connectivity index is 2.28. The van der Waals surface area contributed by atoms with Crippen molar-refractivity contribution >= 4 is 0 Å². The van der Waals surface area contributed by atoms with Crippen LogP contribution in [0.2, 0.25) is 0 Å². The maximum absolute atomic E-state index is 13.2. The highest BCUT2D eigenvalue weighted by atomic mass is 19.1. The molecule has 1 aromatic carbocycles. The van der Waals surface area contributed by atoms with Crippen molar-refractivity contribution < 1.29 is 9.50 Å². The smallest absolute Gasteiger partial charge is 0.123 e. The minimum atomic E-state index is -0.588. The van der Waals surface area contributed by atoms with Crippen molar-refractivity contribution in [2.45, 2.75) is 45.6 Å². The van der Waals surface area contributed by atoms with Gasteiger partial charge in [0, 0.05) is 12.0 Å². The first-order valence-electron chi connectivity index (χ1n) is 7.16. The summed E-state index contributed by atoms with van der Waals surface area (Å²) in [5.74, 6) is 0.395. The van der Waals surface area contributed by atoms with Gasteiger partial charge in [0.2, 0.25) is 0 Å². The third kappa shape index (κ3) is 2.67. The quantitative estimate of drug-likeness (QED) is 0.877. The van der Waals surface area contributed by atoms with Crippen LogP contribution in [-0.4, -0.2) is 11.7 Å². The van der Waals surface area contributed by atoms with Crippen molar-refractivity contribution in [3.8, 4) is 0 Å². The highest BCUT2D eigenvalue weighted by molar-refractivity contribution is 5.30. The Kier molecular flexibility index (Phi) is 4.26. The molecule has 106 valence electrons. The largest absolute Gasteiger partial charge is 0.388 e. The predicted molar refractivity (Wildman–Crippen MR) is 75.2 cm³/mol. The van der Waals surface area contributed by atoms with Gasteiger partial charge in [-0.25, -0.2) is 4.39 Å². The van der Waals surface area contributed by atoms with Crippen LogP contribution >= 0.6 is 0 Å². The topological polar surface area (TPSA) is 46.2 Å². The Morgan fingerprint density at radius 2 is 2.26 bits per heavy atom. The van der Waals surface area contributed by atoms with Crippen molar-refractivity contribution in [2.75, 3.05) is 6.54 Å². The summed E-state index contributed by atoms with van der Waals surface area (Å²) in [6, 6.07) is 4.60. The second kappa shape index (κ2) is 5.59. The first kappa shape index (κ1) is 14.5. The summed E-state index contributed by atoms with van der Waals surface area (Å²) in [6.07, 6.45) is 3.61. The van der Waals surface area contributed by atoms with Crippen molar-refractivity contribution in [1.82, 2.24) is 0 Å². The van der Waals surface area contributed by atoms with E-state index in [1.165, 1.54) is 12.1 Å². The van der Waals surface area contributed by atoms with Crippen LogP contribution in [-0.2, 0) is 0 Å². The molecular weight excluding hydrogens is 241 g/mol. The molecule has 2 nitrogen and oxygen atoms in total. The molecule has 0 saturated heterocycles. The van der Waals surface area contributed by atoms with Gasteiger partial charge in [-0.15, -0.1) is 0 Å². The van der Waals surface area contributed by atoms with E-state index in [-0.39, 0.29) is 11.2 Å². The lowest BCUT2D eigenvalue weighted by molar-refractivity contribution is 0.0296. The fourth-order valence-electron chi connectivity index (χ4n) is 3.44. The molecule has 1 aromatic rings. The normalized spacial score (nSPS) is 28.6. The molecule has 3 heteroatoms. The van der Waals surface area contributed by atoms with Gasteiger partial charge in [0.1, 0.15) is 5.82 Å². The highest BCUT2D eigenvalue weighted by Gasteiger charge is 2.43. The minimum Gasteiger partial charge on any atom is -0.388 e. The molecule has 3 atom stereocenters. The summed E-state index contributed by atoms with van der Waals surface area (Å²) in [5, 5.41) is 10.8. The molecule has 3 N–H and O–H groups in total. The van der Waals surface area contributed by atoms with Gasteiger partial charge < -0.3 is 10.8 Å². The summed E-state index contributed by atoms with van der Waals surface area (Å²) in [7, 11) is 0. The zero-order chi connectivity index (χ0) is 14.0. The van der Waals surface area contributed by atoms with E-state index in [0.717, 1.165) is 36.8 Å². The number of hydrogen-bond acceptors (Lipinski definition) is 2. The molecule has 0 radical (unpaired) electrons. The van der Waals surface area contributed by atoms with Gasteiger partial charge in [0.05, 0.1) is 6.10 Å². The second-order valence-corrected chi connectivity index (χ2v) is 5.99. The monoisotopic (exact) mass is 265 g/mol. The van der Waals surface area contributed by atoms with E-state index < -0.39 is 6.10 Å². The van der Waals surface area contributed by atoms with Crippen LogP contribution in [0.5, 0.6) is 0 Å². The molecular formula is C16H24FNO. The van der Waals surface area contributed by atoms with Gasteiger partial charge in [-0.3, -0.25) is 0 Å². The zero-order valence-electron chi connectivity index (χ0n) is 11.8. The Bertz CT molecular complexity index is 448. The van der Waals surface area contributed by atoms with Crippen LogP contribution in [0.3, 0.4) is 0 Å². The first-order valence-corrected chi connectivity index (χ1v) is 7.16. The molecule has 0 amide bonds. The van der Waals surface area contributed by atoms with Crippen molar-refractivity contribution in [2.24, 2.45) is 17.1 Å². The van der Waals surface area contributed by atoms with E-state index in [1.807, 2.05) is 6.92 Å². The number of aryl methyl sites for hydroxylation is 1. The van der Waals surface area contributed by atoms with Gasteiger partial charge in [-0.05, 0) is 55.4 Å². The van der Waals surface area contributed by atoms with Gasteiger partial charge in [0.25, 0.3) is 0 Å². The molecule has 2 rings (SSSR count). The van der Waals surface area contributed by atoms with Crippen molar-refractivity contribution in [3.63, 3.8) is 0 Å². The van der Waals surface area contributed by atoms with E-state index in [4.69, 9.17) is 5.73 Å². The molecule has 1 saturated carbocycles. The lowest BCUT2D eigenvalue weighted by atomic mass is 9.75. The molecule has 0 bridgehead atoms. The molecule has 0 aliphatic heterocycles.